The van der Waals surface area contributed by atoms with Crippen molar-refractivity contribution in [2.45, 2.75) is 483 Å². The first-order chi connectivity index (χ1) is 53.8. The van der Waals surface area contributed by atoms with Gasteiger partial charge in [0.2, 0.25) is 0 Å². The molecule has 3 aliphatic carbocycles. The number of thiophene rings is 2. The Morgan fingerprint density at radius 3 is 0.899 bits per heavy atom. The Balaban J connectivity index is 1.00. The molecule has 109 heavy (non-hydrogen) atoms. The van der Waals surface area contributed by atoms with Crippen molar-refractivity contribution in [3.8, 4) is 42.4 Å². The van der Waals surface area contributed by atoms with Crippen molar-refractivity contribution in [1.29, 1.82) is 0 Å². The van der Waals surface area contributed by atoms with Crippen LogP contribution in [0.15, 0.2) is 36.4 Å². The van der Waals surface area contributed by atoms with E-state index < -0.39 is 0 Å². The van der Waals surface area contributed by atoms with Gasteiger partial charge in [-0.05, 0) is 126 Å². The number of fused-ring (bicyclic) bond motifs is 13. The molecule has 4 nitrogen and oxygen atoms in total. The van der Waals surface area contributed by atoms with Gasteiger partial charge in [0.05, 0.1) is 23.5 Å². The Bertz CT molecular complexity index is 3580. The molecule has 1 atom stereocenters. The van der Waals surface area contributed by atoms with E-state index in [0.29, 0.717) is 5.92 Å². The van der Waals surface area contributed by atoms with Gasteiger partial charge in [-0.3, -0.25) is 0 Å². The molecule has 8 heteroatoms. The number of hydrogen-bond acceptors (Lipinski definition) is 8. The summed E-state index contributed by atoms with van der Waals surface area (Å²) in [6.45, 7) is 16.4. The number of aromatic nitrogens is 4. The van der Waals surface area contributed by atoms with E-state index in [2.05, 4.69) is 96.2 Å². The van der Waals surface area contributed by atoms with Gasteiger partial charge in [0.15, 0.2) is 0 Å². The second-order valence-electron chi connectivity index (χ2n) is 35.8. The third kappa shape index (κ3) is 24.9. The Labute approximate surface area is 685 Å². The van der Waals surface area contributed by atoms with Gasteiger partial charge in [-0.25, -0.2) is 0 Å². The lowest BCUT2D eigenvalue weighted by Crippen LogP contribution is -2.27. The molecule has 10 rings (SSSR count). The zero-order chi connectivity index (χ0) is 76.0. The van der Waals surface area contributed by atoms with Gasteiger partial charge < -0.3 is 0 Å². The molecule has 0 bridgehead atoms. The van der Waals surface area contributed by atoms with Crippen LogP contribution in [0.1, 0.15) is 502 Å². The van der Waals surface area contributed by atoms with Crippen molar-refractivity contribution in [2.24, 2.45) is 0 Å². The largest absolute Gasteiger partial charge is 0.173 e. The molecular weight excluding hydrogens is 1400 g/mol. The van der Waals surface area contributed by atoms with E-state index in [1.807, 2.05) is 11.3 Å². The van der Waals surface area contributed by atoms with Crippen LogP contribution < -0.4 is 0 Å². The summed E-state index contributed by atoms with van der Waals surface area (Å²) in [5.74, 6) is 0.488. The lowest BCUT2D eigenvalue weighted by Gasteiger charge is -2.35. The highest BCUT2D eigenvalue weighted by atomic mass is 32.1. The van der Waals surface area contributed by atoms with Crippen LogP contribution in [-0.4, -0.2) is 17.5 Å². The molecule has 1 unspecified atom stereocenters. The second kappa shape index (κ2) is 49.6. The molecule has 0 fully saturated rings. The molecule has 4 heterocycles. The van der Waals surface area contributed by atoms with Crippen LogP contribution in [0.3, 0.4) is 0 Å². The van der Waals surface area contributed by atoms with Gasteiger partial charge in [-0.15, -0.1) is 22.7 Å². The fourth-order valence-corrected chi connectivity index (χ4v) is 24.3. The van der Waals surface area contributed by atoms with E-state index in [1.54, 1.807) is 43.1 Å². The Morgan fingerprint density at radius 2 is 0.541 bits per heavy atom. The van der Waals surface area contributed by atoms with Gasteiger partial charge in [-0.1, -0.05) is 426 Å². The van der Waals surface area contributed by atoms with Crippen LogP contribution in [0.4, 0.5) is 0 Å². The topological polar surface area (TPSA) is 51.6 Å². The predicted molar refractivity (Wildman–Crippen MR) is 487 cm³/mol. The predicted octanol–water partition coefficient (Wildman–Crippen LogP) is 36.2. The molecule has 606 valence electrons. The molecule has 3 aliphatic rings. The minimum Gasteiger partial charge on any atom is -0.173 e. The number of unbranched alkanes of at least 4 members (excludes halogenated alkanes) is 55. The molecule has 0 aliphatic heterocycles. The minimum absolute atomic E-state index is 0.0891. The Morgan fingerprint density at radius 1 is 0.266 bits per heavy atom. The summed E-state index contributed by atoms with van der Waals surface area (Å²) >= 11 is 7.08. The quantitative estimate of drug-likeness (QED) is 0.0357. The van der Waals surface area contributed by atoms with Crippen molar-refractivity contribution >= 4 is 68.2 Å². The van der Waals surface area contributed by atoms with Crippen molar-refractivity contribution in [1.82, 2.24) is 17.5 Å². The van der Waals surface area contributed by atoms with E-state index >= 15 is 0 Å². The summed E-state index contributed by atoms with van der Waals surface area (Å²) in [5, 5.41) is 0. The number of hydrogen-bond donors (Lipinski definition) is 0. The monoisotopic (exact) mass is 1560 g/mol. The molecule has 0 saturated heterocycles. The highest BCUT2D eigenvalue weighted by Crippen LogP contribution is 2.64. The first-order valence-electron chi connectivity index (χ1n) is 47.8. The Kier molecular flexibility index (Phi) is 40.1. The van der Waals surface area contributed by atoms with Gasteiger partial charge in [0.1, 0.15) is 22.1 Å². The van der Waals surface area contributed by atoms with Crippen LogP contribution in [0.25, 0.3) is 64.5 Å². The highest BCUT2D eigenvalue weighted by molar-refractivity contribution is 7.24. The third-order valence-electron chi connectivity index (χ3n) is 27.1. The number of rotatable bonds is 66. The van der Waals surface area contributed by atoms with Crippen LogP contribution in [-0.2, 0) is 10.8 Å². The average Bonchev–Trinajstić information content (AvgIpc) is 1.51. The summed E-state index contributed by atoms with van der Waals surface area (Å²) in [5.41, 5.74) is 22.6. The molecule has 4 aromatic heterocycles. The minimum atomic E-state index is -0.140. The van der Waals surface area contributed by atoms with Crippen LogP contribution >= 0.6 is 46.1 Å². The zero-order valence-electron chi connectivity index (χ0n) is 71.4. The maximum absolute atomic E-state index is 5.64. The van der Waals surface area contributed by atoms with E-state index in [0.717, 1.165) is 11.0 Å². The fourth-order valence-electron chi connectivity index (χ4n) is 20.6. The lowest BCUT2D eigenvalue weighted by atomic mass is 9.68. The molecule has 3 aromatic carbocycles. The number of benzene rings is 3. The molecule has 0 amide bonds. The van der Waals surface area contributed by atoms with E-state index in [9.17, 15) is 0 Å². The van der Waals surface area contributed by atoms with Crippen molar-refractivity contribution in [2.75, 3.05) is 0 Å². The average molecular weight is 1560 g/mol. The number of nitrogens with zero attached hydrogens (tertiary/aromatic N) is 4. The summed E-state index contributed by atoms with van der Waals surface area (Å²) in [6, 6.07) is 16.5. The van der Waals surface area contributed by atoms with E-state index in [4.69, 9.17) is 17.5 Å². The van der Waals surface area contributed by atoms with Gasteiger partial charge >= 0.3 is 0 Å². The highest BCUT2D eigenvalue weighted by Gasteiger charge is 2.50. The molecule has 7 aromatic rings. The first kappa shape index (κ1) is 88.1. The summed E-state index contributed by atoms with van der Waals surface area (Å²) in [7, 11) is 0. The van der Waals surface area contributed by atoms with Gasteiger partial charge in [0.25, 0.3) is 0 Å². The summed E-state index contributed by atoms with van der Waals surface area (Å²) < 4.78 is 21.7. The van der Waals surface area contributed by atoms with E-state index in [1.165, 1.54) is 495 Å². The molecule has 0 spiro atoms. The van der Waals surface area contributed by atoms with Gasteiger partial charge in [-0.2, -0.15) is 17.5 Å². The zero-order valence-corrected chi connectivity index (χ0v) is 74.7. The van der Waals surface area contributed by atoms with Gasteiger partial charge in [0, 0.05) is 52.9 Å². The number of aryl methyl sites for hydroxylation is 2. The van der Waals surface area contributed by atoms with Crippen LogP contribution in [0, 0.1) is 13.8 Å². The SMILES string of the molecule is CCCCCCCCCCCCCCCCC1(CCCCCCCCCCCCCCCC)c2cc3c(cc2-c2c1cc(C)c1nsnc21)C(CCCCCCCCCCCCCCCC)(CCCCCCCCCCCCCCCC)c1cc(-c2cc4c(s2)-c2sc(C)cc2C4CCCCCC)c2nsnc2c1-3. The maximum Gasteiger partial charge on any atom is 0.114 e. The summed E-state index contributed by atoms with van der Waals surface area (Å²) in [4.78, 5) is 5.98. The maximum atomic E-state index is 5.64. The van der Waals surface area contributed by atoms with Crippen molar-refractivity contribution < 1.29 is 0 Å². The molecule has 0 radical (unpaired) electrons. The standard InChI is InChI=1S/C101H158N4S4/c1-8-13-18-23-27-31-35-39-43-47-51-55-59-64-69-100(70-65-60-56-52-48-44-40-36-32-28-24-19-14-9-2)87-76-85-88(75-84(87)92-89(100)73-79(6)94-96(92)104-108-102-94)101(71-66-61-57-53-49-45-41-37-33-29-25-20-15-10-3,72-67-62-58-54-50-46-42-38-34-30-26-21-16-11-4)90-77-86(95-97(93(85)90)105-109-103-95)91-78-83-81(68-63-22-17-12-5)82-74-80(7)106-98(82)99(83)107-91/h73-78,81H,8-72H2,1-7H3. The Hall–Kier alpha value is -3.30. The fraction of sp³-hybridized carbons (Fsp3) is 0.743. The normalized spacial score (nSPS) is 14.4. The first-order valence-corrected chi connectivity index (χ1v) is 50.9. The summed E-state index contributed by atoms with van der Waals surface area (Å²) in [6.07, 6.45) is 89.2. The van der Waals surface area contributed by atoms with Crippen LogP contribution in [0.2, 0.25) is 0 Å². The molecule has 0 saturated carbocycles. The third-order valence-corrected chi connectivity index (χ3v) is 30.5. The smallest absolute Gasteiger partial charge is 0.114 e. The van der Waals surface area contributed by atoms with Crippen molar-refractivity contribution in [3.05, 3.63) is 80.2 Å². The van der Waals surface area contributed by atoms with Crippen LogP contribution in [0.5, 0.6) is 0 Å². The lowest BCUT2D eigenvalue weighted by molar-refractivity contribution is 0.393. The van der Waals surface area contributed by atoms with Crippen molar-refractivity contribution in [3.63, 3.8) is 0 Å². The molecule has 0 N–H and O–H groups in total. The second-order valence-corrected chi connectivity index (χ2v) is 39.2. The molecular formula is C101H158N4S4. The van der Waals surface area contributed by atoms with E-state index in [-0.39, 0.29) is 10.8 Å².